The zero-order chi connectivity index (χ0) is 16.5. The maximum Gasteiger partial charge on any atom is 0.417 e. The molecule has 0 aliphatic rings. The normalized spacial score (nSPS) is 11.4. The molecule has 0 atom stereocenters. The molecule has 0 fully saturated rings. The first-order chi connectivity index (χ1) is 10.2. The van der Waals surface area contributed by atoms with Crippen molar-refractivity contribution < 1.29 is 22.4 Å². The van der Waals surface area contributed by atoms with Crippen molar-refractivity contribution in [1.82, 2.24) is 0 Å². The second kappa shape index (κ2) is 6.26. The summed E-state index contributed by atoms with van der Waals surface area (Å²) in [4.78, 5) is 12.0. The van der Waals surface area contributed by atoms with Crippen molar-refractivity contribution in [2.24, 2.45) is 0 Å². The average molecular weight is 397 g/mol. The minimum Gasteiger partial charge on any atom is -0.322 e. The van der Waals surface area contributed by atoms with Crippen LogP contribution in [0.1, 0.15) is 15.9 Å². The van der Waals surface area contributed by atoms with E-state index in [1.54, 1.807) is 0 Å². The van der Waals surface area contributed by atoms with Gasteiger partial charge in [-0.3, -0.25) is 4.79 Å². The molecule has 2 rings (SSSR count). The smallest absolute Gasteiger partial charge is 0.322 e. The van der Waals surface area contributed by atoms with Gasteiger partial charge in [-0.1, -0.05) is 27.5 Å². The van der Waals surface area contributed by atoms with E-state index in [1.807, 2.05) is 0 Å². The summed E-state index contributed by atoms with van der Waals surface area (Å²) >= 11 is 8.37. The zero-order valence-electron chi connectivity index (χ0n) is 10.6. The molecule has 8 heteroatoms. The van der Waals surface area contributed by atoms with Gasteiger partial charge < -0.3 is 5.32 Å². The first-order valence-corrected chi connectivity index (χ1v) is 6.99. The van der Waals surface area contributed by atoms with E-state index in [4.69, 9.17) is 11.6 Å². The Balaban J connectivity index is 2.23. The quantitative estimate of drug-likeness (QED) is 0.666. The number of hydrogen-bond acceptors (Lipinski definition) is 1. The Morgan fingerprint density at radius 3 is 2.36 bits per heavy atom. The van der Waals surface area contributed by atoms with Gasteiger partial charge >= 0.3 is 6.18 Å². The van der Waals surface area contributed by atoms with E-state index in [0.717, 1.165) is 24.3 Å². The molecule has 116 valence electrons. The Kier molecular flexibility index (Phi) is 4.77. The summed E-state index contributed by atoms with van der Waals surface area (Å²) in [6, 6.07) is 6.47. The molecular formula is C14H7BrClF4NO. The Morgan fingerprint density at radius 2 is 1.82 bits per heavy atom. The Labute approximate surface area is 136 Å². The summed E-state index contributed by atoms with van der Waals surface area (Å²) in [6.45, 7) is 0. The van der Waals surface area contributed by atoms with Crippen LogP contribution in [0.15, 0.2) is 40.9 Å². The molecule has 2 aromatic carbocycles. The lowest BCUT2D eigenvalue weighted by molar-refractivity contribution is -0.138. The number of carbonyl (C=O) groups is 1. The molecule has 2 aromatic rings. The molecule has 0 unspecified atom stereocenters. The molecule has 1 amide bonds. The molecule has 0 spiro atoms. The molecule has 0 bridgehead atoms. The van der Waals surface area contributed by atoms with E-state index in [9.17, 15) is 22.4 Å². The van der Waals surface area contributed by atoms with Crippen LogP contribution in [0.25, 0.3) is 0 Å². The highest BCUT2D eigenvalue weighted by Crippen LogP contribution is 2.35. The number of anilines is 1. The lowest BCUT2D eigenvalue weighted by Gasteiger charge is -2.11. The molecule has 0 aliphatic heterocycles. The second-order valence-electron chi connectivity index (χ2n) is 4.28. The molecule has 2 nitrogen and oxygen atoms in total. The lowest BCUT2D eigenvalue weighted by Crippen LogP contribution is -2.13. The highest BCUT2D eigenvalue weighted by molar-refractivity contribution is 9.10. The van der Waals surface area contributed by atoms with E-state index in [-0.39, 0.29) is 20.7 Å². The molecule has 0 aliphatic carbocycles. The van der Waals surface area contributed by atoms with Crippen LogP contribution in [0, 0.1) is 5.82 Å². The number of carbonyl (C=O) groups excluding carboxylic acids is 1. The predicted octanol–water partition coefficient (Wildman–Crippen LogP) is 5.51. The predicted molar refractivity (Wildman–Crippen MR) is 78.5 cm³/mol. The van der Waals surface area contributed by atoms with Crippen molar-refractivity contribution >= 4 is 39.1 Å². The van der Waals surface area contributed by atoms with Gasteiger partial charge in [0.2, 0.25) is 0 Å². The molecule has 0 aromatic heterocycles. The van der Waals surface area contributed by atoms with Crippen LogP contribution in [-0.2, 0) is 6.18 Å². The molecule has 0 radical (unpaired) electrons. The summed E-state index contributed by atoms with van der Waals surface area (Å²) in [5.74, 6) is -1.28. The van der Waals surface area contributed by atoms with Crippen molar-refractivity contribution in [1.29, 1.82) is 0 Å². The van der Waals surface area contributed by atoms with Gasteiger partial charge in [0, 0.05) is 15.7 Å². The fourth-order valence-corrected chi connectivity index (χ4v) is 2.45. The number of nitrogens with one attached hydrogen (secondary N) is 1. The van der Waals surface area contributed by atoms with Crippen LogP contribution in [0.5, 0.6) is 0 Å². The van der Waals surface area contributed by atoms with E-state index < -0.39 is 23.5 Å². The van der Waals surface area contributed by atoms with E-state index in [0.29, 0.717) is 0 Å². The number of alkyl halides is 3. The summed E-state index contributed by atoms with van der Waals surface area (Å²) in [5, 5.41) is 2.24. The van der Waals surface area contributed by atoms with Crippen LogP contribution >= 0.6 is 27.5 Å². The summed E-state index contributed by atoms with van der Waals surface area (Å²) in [6.07, 6.45) is -4.52. The molecule has 1 N–H and O–H groups in total. The van der Waals surface area contributed by atoms with Gasteiger partial charge in [0.15, 0.2) is 0 Å². The first-order valence-electron chi connectivity index (χ1n) is 5.81. The van der Waals surface area contributed by atoms with Crippen LogP contribution < -0.4 is 5.32 Å². The van der Waals surface area contributed by atoms with Gasteiger partial charge in [-0.25, -0.2) is 4.39 Å². The van der Waals surface area contributed by atoms with Crippen LogP contribution in [0.4, 0.5) is 23.2 Å². The maximum absolute atomic E-state index is 13.0. The standard InChI is InChI=1S/C14H7BrClF4NO/c15-10-5-7(1-3-9(10)14(18,19)20)13(22)21-8-2-4-12(17)11(16)6-8/h1-6H,(H,21,22). The average Bonchev–Trinajstić information content (AvgIpc) is 2.41. The summed E-state index contributed by atoms with van der Waals surface area (Å²) in [7, 11) is 0. The third-order valence-electron chi connectivity index (χ3n) is 2.71. The van der Waals surface area contributed by atoms with Crippen LogP contribution in [0.3, 0.4) is 0 Å². The van der Waals surface area contributed by atoms with Crippen molar-refractivity contribution in [3.8, 4) is 0 Å². The van der Waals surface area contributed by atoms with E-state index >= 15 is 0 Å². The van der Waals surface area contributed by atoms with Crippen LogP contribution in [-0.4, -0.2) is 5.91 Å². The number of amides is 1. The topological polar surface area (TPSA) is 29.1 Å². The second-order valence-corrected chi connectivity index (χ2v) is 5.54. The number of hydrogen-bond donors (Lipinski definition) is 1. The van der Waals surface area contributed by atoms with Crippen molar-refractivity contribution in [3.63, 3.8) is 0 Å². The summed E-state index contributed by atoms with van der Waals surface area (Å²) in [5.41, 5.74) is -0.637. The molecule has 0 heterocycles. The zero-order valence-corrected chi connectivity index (χ0v) is 13.0. The van der Waals surface area contributed by atoms with Crippen molar-refractivity contribution in [2.45, 2.75) is 6.18 Å². The molecular weight excluding hydrogens is 390 g/mol. The molecule has 22 heavy (non-hydrogen) atoms. The molecule has 0 saturated heterocycles. The van der Waals surface area contributed by atoms with Gasteiger partial charge in [-0.05, 0) is 36.4 Å². The minimum atomic E-state index is -4.52. The first kappa shape index (κ1) is 16.8. The van der Waals surface area contributed by atoms with Crippen LogP contribution in [0.2, 0.25) is 5.02 Å². The van der Waals surface area contributed by atoms with Crippen molar-refractivity contribution in [3.05, 3.63) is 62.8 Å². The fraction of sp³-hybridized carbons (Fsp3) is 0.0714. The fourth-order valence-electron chi connectivity index (χ4n) is 1.66. The minimum absolute atomic E-state index is 0.0142. The van der Waals surface area contributed by atoms with Gasteiger partial charge in [0.1, 0.15) is 5.82 Å². The van der Waals surface area contributed by atoms with E-state index in [2.05, 4.69) is 21.2 Å². The van der Waals surface area contributed by atoms with E-state index in [1.165, 1.54) is 12.1 Å². The lowest BCUT2D eigenvalue weighted by atomic mass is 10.1. The Morgan fingerprint density at radius 1 is 1.14 bits per heavy atom. The Bertz CT molecular complexity index is 733. The maximum atomic E-state index is 13.0. The highest BCUT2D eigenvalue weighted by Gasteiger charge is 2.33. The summed E-state index contributed by atoms with van der Waals surface area (Å²) < 4.78 is 50.7. The largest absolute Gasteiger partial charge is 0.417 e. The third kappa shape index (κ3) is 3.78. The Hall–Kier alpha value is -1.60. The molecule has 0 saturated carbocycles. The SMILES string of the molecule is O=C(Nc1ccc(F)c(Cl)c1)c1ccc(C(F)(F)F)c(Br)c1. The number of halogens is 6. The number of benzene rings is 2. The van der Waals surface area contributed by atoms with Crippen molar-refractivity contribution in [2.75, 3.05) is 5.32 Å². The van der Waals surface area contributed by atoms with Gasteiger partial charge in [0.05, 0.1) is 10.6 Å². The number of rotatable bonds is 2. The highest BCUT2D eigenvalue weighted by atomic mass is 79.9. The van der Waals surface area contributed by atoms with Gasteiger partial charge in [0.25, 0.3) is 5.91 Å². The van der Waals surface area contributed by atoms with Gasteiger partial charge in [-0.15, -0.1) is 0 Å². The third-order valence-corrected chi connectivity index (χ3v) is 3.66. The van der Waals surface area contributed by atoms with Gasteiger partial charge in [-0.2, -0.15) is 13.2 Å². The monoisotopic (exact) mass is 395 g/mol.